The van der Waals surface area contributed by atoms with Gasteiger partial charge in [-0.1, -0.05) is 36.4 Å². The van der Waals surface area contributed by atoms with Crippen molar-refractivity contribution < 1.29 is 9.53 Å². The highest BCUT2D eigenvalue weighted by atomic mass is 16.5. The van der Waals surface area contributed by atoms with E-state index in [0.717, 1.165) is 18.8 Å². The minimum absolute atomic E-state index is 0.125. The summed E-state index contributed by atoms with van der Waals surface area (Å²) < 4.78 is 5.15. The standard InChI is InChI=1S/C22H30N4O2/c1-17(12-13-18-8-5-4-6-9-18)26-22(23-2)25-15-14-24-21(27)19-10-7-11-20(16-19)28-3/h4-11,16-17H,12-15H2,1-3H3,(H,24,27)(H2,23,25,26). The number of hydrogen-bond donors (Lipinski definition) is 3. The van der Waals surface area contributed by atoms with E-state index >= 15 is 0 Å². The molecule has 1 amide bonds. The van der Waals surface area contributed by atoms with Crippen LogP contribution in [0.2, 0.25) is 0 Å². The molecule has 0 saturated carbocycles. The molecule has 0 bridgehead atoms. The third kappa shape index (κ3) is 7.31. The van der Waals surface area contributed by atoms with E-state index in [-0.39, 0.29) is 11.9 Å². The Kier molecular flexibility index (Phi) is 8.85. The average molecular weight is 383 g/mol. The predicted molar refractivity (Wildman–Crippen MR) is 114 cm³/mol. The summed E-state index contributed by atoms with van der Waals surface area (Å²) in [6.45, 7) is 3.22. The molecule has 0 saturated heterocycles. The van der Waals surface area contributed by atoms with Gasteiger partial charge in [0.15, 0.2) is 5.96 Å². The number of nitrogens with zero attached hydrogens (tertiary/aromatic N) is 1. The molecule has 0 aliphatic rings. The Morgan fingerprint density at radius 3 is 2.54 bits per heavy atom. The number of guanidine groups is 1. The molecular weight excluding hydrogens is 352 g/mol. The van der Waals surface area contributed by atoms with E-state index in [4.69, 9.17) is 4.74 Å². The second-order valence-corrected chi connectivity index (χ2v) is 6.56. The number of carbonyl (C=O) groups is 1. The molecule has 0 heterocycles. The number of carbonyl (C=O) groups excluding carboxylic acids is 1. The predicted octanol–water partition coefficient (Wildman–Crippen LogP) is 2.61. The van der Waals surface area contributed by atoms with Crippen molar-refractivity contribution in [2.24, 2.45) is 4.99 Å². The van der Waals surface area contributed by atoms with Gasteiger partial charge in [-0.15, -0.1) is 0 Å². The second-order valence-electron chi connectivity index (χ2n) is 6.56. The van der Waals surface area contributed by atoms with Crippen molar-refractivity contribution in [2.45, 2.75) is 25.8 Å². The molecule has 0 aliphatic heterocycles. The highest BCUT2D eigenvalue weighted by Gasteiger charge is 2.07. The number of ether oxygens (including phenoxy) is 1. The Balaban J connectivity index is 1.68. The van der Waals surface area contributed by atoms with E-state index in [9.17, 15) is 4.79 Å². The van der Waals surface area contributed by atoms with Gasteiger partial charge in [-0.05, 0) is 43.5 Å². The number of benzene rings is 2. The summed E-state index contributed by atoms with van der Waals surface area (Å²) in [7, 11) is 3.33. The lowest BCUT2D eigenvalue weighted by molar-refractivity contribution is 0.0954. The quantitative estimate of drug-likeness (QED) is 0.354. The first kappa shape index (κ1) is 21.3. The molecule has 0 radical (unpaired) electrons. The topological polar surface area (TPSA) is 74.8 Å². The fourth-order valence-electron chi connectivity index (χ4n) is 2.75. The van der Waals surface area contributed by atoms with Crippen LogP contribution in [0.3, 0.4) is 0 Å². The van der Waals surface area contributed by atoms with Crippen molar-refractivity contribution in [1.29, 1.82) is 0 Å². The largest absolute Gasteiger partial charge is 0.497 e. The Bertz CT molecular complexity index is 762. The fourth-order valence-corrected chi connectivity index (χ4v) is 2.75. The van der Waals surface area contributed by atoms with E-state index in [2.05, 4.69) is 52.1 Å². The van der Waals surface area contributed by atoms with E-state index in [1.54, 1.807) is 32.4 Å². The van der Waals surface area contributed by atoms with Crippen LogP contribution < -0.4 is 20.7 Å². The summed E-state index contributed by atoms with van der Waals surface area (Å²) in [6, 6.07) is 17.8. The summed E-state index contributed by atoms with van der Waals surface area (Å²) in [6.07, 6.45) is 2.03. The molecule has 0 aromatic heterocycles. The average Bonchev–Trinajstić information content (AvgIpc) is 2.75. The maximum atomic E-state index is 12.2. The second kappa shape index (κ2) is 11.6. The number of hydrogen-bond acceptors (Lipinski definition) is 3. The van der Waals surface area contributed by atoms with Crippen molar-refractivity contribution in [2.75, 3.05) is 27.2 Å². The first-order valence-corrected chi connectivity index (χ1v) is 9.55. The van der Waals surface area contributed by atoms with Gasteiger partial charge in [-0.2, -0.15) is 0 Å². The van der Waals surface area contributed by atoms with Crippen LogP contribution in [0.15, 0.2) is 59.6 Å². The van der Waals surface area contributed by atoms with Gasteiger partial charge < -0.3 is 20.7 Å². The molecule has 0 aliphatic carbocycles. The Labute approximate surface area is 167 Å². The van der Waals surface area contributed by atoms with E-state index in [0.29, 0.717) is 24.4 Å². The van der Waals surface area contributed by atoms with Crippen molar-refractivity contribution in [3.63, 3.8) is 0 Å². The molecule has 2 rings (SSSR count). The maximum Gasteiger partial charge on any atom is 0.251 e. The zero-order valence-electron chi connectivity index (χ0n) is 16.9. The zero-order chi connectivity index (χ0) is 20.2. The molecule has 1 atom stereocenters. The molecule has 0 spiro atoms. The lowest BCUT2D eigenvalue weighted by atomic mass is 10.1. The van der Waals surface area contributed by atoms with Crippen LogP contribution in [-0.4, -0.2) is 45.2 Å². The molecule has 2 aromatic rings. The fraction of sp³-hybridized carbons (Fsp3) is 0.364. The van der Waals surface area contributed by atoms with Gasteiger partial charge in [-0.3, -0.25) is 9.79 Å². The van der Waals surface area contributed by atoms with Gasteiger partial charge >= 0.3 is 0 Å². The molecule has 3 N–H and O–H groups in total. The van der Waals surface area contributed by atoms with Crippen LogP contribution in [0.25, 0.3) is 0 Å². The first-order valence-electron chi connectivity index (χ1n) is 9.55. The van der Waals surface area contributed by atoms with Gasteiger partial charge in [0.2, 0.25) is 0 Å². The molecule has 0 fully saturated rings. The lowest BCUT2D eigenvalue weighted by Gasteiger charge is -2.18. The van der Waals surface area contributed by atoms with E-state index < -0.39 is 0 Å². The summed E-state index contributed by atoms with van der Waals surface area (Å²) >= 11 is 0. The summed E-state index contributed by atoms with van der Waals surface area (Å²) in [5, 5.41) is 9.50. The van der Waals surface area contributed by atoms with Crippen molar-refractivity contribution >= 4 is 11.9 Å². The van der Waals surface area contributed by atoms with Crippen molar-refractivity contribution in [3.8, 4) is 5.75 Å². The Morgan fingerprint density at radius 2 is 1.82 bits per heavy atom. The van der Waals surface area contributed by atoms with Gasteiger partial charge in [0.25, 0.3) is 5.91 Å². The minimum atomic E-state index is -0.125. The summed E-state index contributed by atoms with van der Waals surface area (Å²) in [5.74, 6) is 1.27. The van der Waals surface area contributed by atoms with Crippen LogP contribution in [0.5, 0.6) is 5.75 Å². The smallest absolute Gasteiger partial charge is 0.251 e. The van der Waals surface area contributed by atoms with Crippen LogP contribution in [-0.2, 0) is 6.42 Å². The highest BCUT2D eigenvalue weighted by molar-refractivity contribution is 5.94. The molecule has 1 unspecified atom stereocenters. The molecule has 6 nitrogen and oxygen atoms in total. The van der Waals surface area contributed by atoms with Crippen LogP contribution in [0, 0.1) is 0 Å². The summed E-state index contributed by atoms with van der Waals surface area (Å²) in [5.41, 5.74) is 1.91. The van der Waals surface area contributed by atoms with Crippen molar-refractivity contribution in [1.82, 2.24) is 16.0 Å². The number of aliphatic imine (C=N–C) groups is 1. The SMILES string of the molecule is CN=C(NCCNC(=O)c1cccc(OC)c1)NC(C)CCc1ccccc1. The number of amides is 1. The van der Waals surface area contributed by atoms with Crippen LogP contribution >= 0.6 is 0 Å². The molecule has 6 heteroatoms. The van der Waals surface area contributed by atoms with Gasteiger partial charge in [0, 0.05) is 31.7 Å². The molecule has 150 valence electrons. The molecule has 28 heavy (non-hydrogen) atoms. The number of nitrogens with one attached hydrogen (secondary N) is 3. The first-order chi connectivity index (χ1) is 13.6. The van der Waals surface area contributed by atoms with E-state index in [1.165, 1.54) is 5.56 Å². The third-order valence-corrected chi connectivity index (χ3v) is 4.35. The number of rotatable bonds is 9. The third-order valence-electron chi connectivity index (χ3n) is 4.35. The Morgan fingerprint density at radius 1 is 1.07 bits per heavy atom. The monoisotopic (exact) mass is 382 g/mol. The highest BCUT2D eigenvalue weighted by Crippen LogP contribution is 2.12. The number of methoxy groups -OCH3 is 1. The van der Waals surface area contributed by atoms with Gasteiger partial charge in [0.05, 0.1) is 7.11 Å². The zero-order valence-corrected chi connectivity index (χ0v) is 16.9. The maximum absolute atomic E-state index is 12.2. The normalized spacial score (nSPS) is 12.2. The molecular formula is C22H30N4O2. The van der Waals surface area contributed by atoms with Gasteiger partial charge in [-0.25, -0.2) is 0 Å². The van der Waals surface area contributed by atoms with Gasteiger partial charge in [0.1, 0.15) is 5.75 Å². The number of aryl methyl sites for hydroxylation is 1. The van der Waals surface area contributed by atoms with Crippen molar-refractivity contribution in [3.05, 3.63) is 65.7 Å². The minimum Gasteiger partial charge on any atom is -0.497 e. The lowest BCUT2D eigenvalue weighted by Crippen LogP contribution is -2.45. The van der Waals surface area contributed by atoms with E-state index in [1.807, 2.05) is 12.1 Å². The van der Waals surface area contributed by atoms with Crippen LogP contribution in [0.1, 0.15) is 29.3 Å². The summed E-state index contributed by atoms with van der Waals surface area (Å²) in [4.78, 5) is 16.4. The Hall–Kier alpha value is -3.02. The van der Waals surface area contributed by atoms with Crippen LogP contribution in [0.4, 0.5) is 0 Å². The molecule has 2 aromatic carbocycles.